The van der Waals surface area contributed by atoms with Crippen molar-refractivity contribution >= 4 is 22.9 Å². The molecule has 0 bridgehead atoms. The van der Waals surface area contributed by atoms with Crippen LogP contribution in [-0.4, -0.2) is 23.5 Å². The number of hydrogen-bond acceptors (Lipinski definition) is 4. The Bertz CT molecular complexity index is 1020. The molecule has 29 heavy (non-hydrogen) atoms. The van der Waals surface area contributed by atoms with E-state index >= 15 is 0 Å². The number of nitrogens with zero attached hydrogens (tertiary/aromatic N) is 1. The van der Waals surface area contributed by atoms with Crippen LogP contribution in [0.5, 0.6) is 0 Å². The van der Waals surface area contributed by atoms with Crippen molar-refractivity contribution in [3.63, 3.8) is 0 Å². The highest BCUT2D eigenvalue weighted by Crippen LogP contribution is 2.42. The molecule has 1 amide bonds. The molecule has 3 aromatic rings. The lowest BCUT2D eigenvalue weighted by molar-refractivity contribution is 0.102. The lowest BCUT2D eigenvalue weighted by atomic mass is 10.1. The summed E-state index contributed by atoms with van der Waals surface area (Å²) in [6.07, 6.45) is 4.01. The molecule has 4 nitrogen and oxygen atoms in total. The molecule has 5 heteroatoms. The number of nitrogens with one attached hydrogen (secondary N) is 2. The van der Waals surface area contributed by atoms with Gasteiger partial charge in [0.2, 0.25) is 0 Å². The van der Waals surface area contributed by atoms with Gasteiger partial charge < -0.3 is 10.6 Å². The lowest BCUT2D eigenvalue weighted by Gasteiger charge is -2.08. The first-order valence-corrected chi connectivity index (χ1v) is 11.2. The molecule has 0 saturated heterocycles. The van der Waals surface area contributed by atoms with Gasteiger partial charge in [-0.05, 0) is 68.5 Å². The molecule has 1 aromatic heterocycles. The number of aryl methyl sites for hydroxylation is 1. The summed E-state index contributed by atoms with van der Waals surface area (Å²) >= 11 is 1.62. The summed E-state index contributed by atoms with van der Waals surface area (Å²) in [5, 5.41) is 9.74. The number of aromatic nitrogens is 1. The van der Waals surface area contributed by atoms with E-state index in [2.05, 4.69) is 27.8 Å². The summed E-state index contributed by atoms with van der Waals surface area (Å²) < 4.78 is 0. The minimum absolute atomic E-state index is 0.0954. The molecule has 2 N–H and O–H groups in total. The molecule has 2 unspecified atom stereocenters. The summed E-state index contributed by atoms with van der Waals surface area (Å²) in [6.45, 7) is 3.16. The third kappa shape index (κ3) is 4.41. The smallest absolute Gasteiger partial charge is 0.255 e. The van der Waals surface area contributed by atoms with E-state index in [-0.39, 0.29) is 5.91 Å². The van der Waals surface area contributed by atoms with Gasteiger partial charge in [-0.25, -0.2) is 4.98 Å². The van der Waals surface area contributed by atoms with Gasteiger partial charge in [0, 0.05) is 34.2 Å². The van der Waals surface area contributed by atoms with Gasteiger partial charge in [-0.3, -0.25) is 4.79 Å². The Balaban J connectivity index is 1.21. The van der Waals surface area contributed by atoms with Crippen LogP contribution >= 0.6 is 11.3 Å². The summed E-state index contributed by atoms with van der Waals surface area (Å²) in [5.74, 6) is 1.45. The zero-order chi connectivity index (χ0) is 19.8. The first-order valence-electron chi connectivity index (χ1n) is 10.3. The summed E-state index contributed by atoms with van der Waals surface area (Å²) in [6, 6.07) is 16.6. The molecule has 0 aliphatic heterocycles. The quantitative estimate of drug-likeness (QED) is 0.568. The van der Waals surface area contributed by atoms with Crippen LogP contribution in [-0.2, 0) is 0 Å². The third-order valence-corrected chi connectivity index (χ3v) is 6.57. The molecule has 2 atom stereocenters. The predicted molar refractivity (Wildman–Crippen MR) is 119 cm³/mol. The average Bonchev–Trinajstić information content (AvgIpc) is 3.66. The maximum absolute atomic E-state index is 12.7. The first kappa shape index (κ1) is 18.5. The fourth-order valence-corrected chi connectivity index (χ4v) is 4.38. The number of thiazole rings is 1. The van der Waals surface area contributed by atoms with E-state index in [4.69, 9.17) is 0 Å². The molecule has 1 heterocycles. The molecule has 2 saturated carbocycles. The number of rotatable bonds is 7. The lowest BCUT2D eigenvalue weighted by Crippen LogP contribution is -2.20. The molecule has 148 valence electrons. The number of hydrogen-bond donors (Lipinski definition) is 2. The van der Waals surface area contributed by atoms with Crippen molar-refractivity contribution in [1.29, 1.82) is 0 Å². The van der Waals surface area contributed by atoms with E-state index in [9.17, 15) is 4.79 Å². The largest absolute Gasteiger partial charge is 0.322 e. The van der Waals surface area contributed by atoms with Crippen LogP contribution in [0.3, 0.4) is 0 Å². The fraction of sp³-hybridized carbons (Fsp3) is 0.333. The van der Waals surface area contributed by atoms with Crippen molar-refractivity contribution in [3.05, 3.63) is 70.0 Å². The van der Waals surface area contributed by atoms with Gasteiger partial charge in [-0.15, -0.1) is 11.3 Å². The first-order chi connectivity index (χ1) is 14.2. The second-order valence-corrected chi connectivity index (χ2v) is 9.27. The van der Waals surface area contributed by atoms with E-state index < -0.39 is 0 Å². The van der Waals surface area contributed by atoms with Gasteiger partial charge in [0.1, 0.15) is 0 Å². The SMILES string of the molecule is Cc1nc(-c2cccc(C(=O)Nc3ccc(C4CC4NCC4CC4)cc3)c2)cs1. The molecule has 2 aromatic carbocycles. The second kappa shape index (κ2) is 7.73. The van der Waals surface area contributed by atoms with Crippen LogP contribution in [0.4, 0.5) is 5.69 Å². The minimum Gasteiger partial charge on any atom is -0.322 e. The van der Waals surface area contributed by atoms with E-state index in [1.165, 1.54) is 31.4 Å². The van der Waals surface area contributed by atoms with E-state index in [1.54, 1.807) is 11.3 Å². The van der Waals surface area contributed by atoms with Gasteiger partial charge in [-0.1, -0.05) is 24.3 Å². The monoisotopic (exact) mass is 403 g/mol. The maximum Gasteiger partial charge on any atom is 0.255 e. The Morgan fingerprint density at radius 1 is 1.17 bits per heavy atom. The van der Waals surface area contributed by atoms with Gasteiger partial charge in [0.15, 0.2) is 0 Å². The van der Waals surface area contributed by atoms with E-state index in [0.717, 1.165) is 27.9 Å². The van der Waals surface area contributed by atoms with Crippen LogP contribution < -0.4 is 10.6 Å². The topological polar surface area (TPSA) is 54.0 Å². The number of benzene rings is 2. The Kier molecular flexibility index (Phi) is 4.94. The number of carbonyl (C=O) groups excluding carboxylic acids is 1. The van der Waals surface area contributed by atoms with Crippen LogP contribution in [0, 0.1) is 12.8 Å². The van der Waals surface area contributed by atoms with Crippen molar-refractivity contribution in [1.82, 2.24) is 10.3 Å². The normalized spacial score (nSPS) is 20.4. The predicted octanol–water partition coefficient (Wildman–Crippen LogP) is 5.23. The van der Waals surface area contributed by atoms with Gasteiger partial charge >= 0.3 is 0 Å². The summed E-state index contributed by atoms with van der Waals surface area (Å²) in [5.41, 5.74) is 4.72. The number of carbonyl (C=O) groups is 1. The third-order valence-electron chi connectivity index (χ3n) is 5.79. The van der Waals surface area contributed by atoms with Gasteiger partial charge in [0.05, 0.1) is 10.7 Å². The molecular weight excluding hydrogens is 378 g/mol. The molecule has 0 radical (unpaired) electrons. The molecule has 0 spiro atoms. The van der Waals surface area contributed by atoms with E-state index in [1.807, 2.05) is 48.7 Å². The van der Waals surface area contributed by atoms with Gasteiger partial charge in [-0.2, -0.15) is 0 Å². The molecule has 2 fully saturated rings. The van der Waals surface area contributed by atoms with Crippen LogP contribution in [0.2, 0.25) is 0 Å². The van der Waals surface area contributed by atoms with Gasteiger partial charge in [0.25, 0.3) is 5.91 Å². The Labute approximate surface area is 175 Å². The Hall–Kier alpha value is -2.50. The van der Waals surface area contributed by atoms with Crippen molar-refractivity contribution in [3.8, 4) is 11.3 Å². The fourth-order valence-electron chi connectivity index (χ4n) is 3.76. The van der Waals surface area contributed by atoms with Crippen LogP contribution in [0.25, 0.3) is 11.3 Å². The van der Waals surface area contributed by atoms with Crippen molar-refractivity contribution in [2.75, 3.05) is 11.9 Å². The van der Waals surface area contributed by atoms with E-state index in [0.29, 0.717) is 17.5 Å². The zero-order valence-electron chi connectivity index (χ0n) is 16.5. The van der Waals surface area contributed by atoms with Crippen LogP contribution in [0.1, 0.15) is 46.1 Å². The standard InChI is InChI=1S/C24H25N3OS/c1-15-26-23(14-29-15)18-3-2-4-19(11-18)24(28)27-20-9-7-17(8-10-20)21-12-22(21)25-13-16-5-6-16/h2-4,7-11,14,16,21-22,25H,5-6,12-13H2,1H3,(H,27,28). The average molecular weight is 404 g/mol. The van der Waals surface area contributed by atoms with Crippen molar-refractivity contribution in [2.24, 2.45) is 5.92 Å². The molecule has 2 aliphatic rings. The summed E-state index contributed by atoms with van der Waals surface area (Å²) in [4.78, 5) is 17.2. The maximum atomic E-state index is 12.7. The number of anilines is 1. The second-order valence-electron chi connectivity index (χ2n) is 8.21. The summed E-state index contributed by atoms with van der Waals surface area (Å²) in [7, 11) is 0. The molecule has 2 aliphatic carbocycles. The zero-order valence-corrected chi connectivity index (χ0v) is 17.3. The van der Waals surface area contributed by atoms with Crippen molar-refractivity contribution < 1.29 is 4.79 Å². The van der Waals surface area contributed by atoms with Crippen molar-refractivity contribution in [2.45, 2.75) is 38.1 Å². The Morgan fingerprint density at radius 3 is 2.72 bits per heavy atom. The highest BCUT2D eigenvalue weighted by Gasteiger charge is 2.38. The highest BCUT2D eigenvalue weighted by molar-refractivity contribution is 7.09. The number of amides is 1. The van der Waals surface area contributed by atoms with Crippen LogP contribution in [0.15, 0.2) is 53.9 Å². The minimum atomic E-state index is -0.0954. The highest BCUT2D eigenvalue weighted by atomic mass is 32.1. The molecular formula is C24H25N3OS. The molecule has 5 rings (SSSR count). The Morgan fingerprint density at radius 2 is 2.00 bits per heavy atom.